The largest absolute Gasteiger partial charge is 0.494 e. The molecule has 21 heavy (non-hydrogen) atoms. The van der Waals surface area contributed by atoms with Crippen LogP contribution in [-0.4, -0.2) is 16.7 Å². The van der Waals surface area contributed by atoms with Gasteiger partial charge in [0.25, 0.3) is 0 Å². The van der Waals surface area contributed by atoms with Crippen molar-refractivity contribution in [2.75, 3.05) is 6.61 Å². The van der Waals surface area contributed by atoms with Gasteiger partial charge in [-0.05, 0) is 48.7 Å². The van der Waals surface area contributed by atoms with Gasteiger partial charge < -0.3 is 14.6 Å². The molecule has 0 amide bonds. The molecule has 0 saturated heterocycles. The first kappa shape index (κ1) is 15.3. The van der Waals surface area contributed by atoms with Crippen LogP contribution in [0, 0.1) is 0 Å². The minimum Gasteiger partial charge on any atom is -0.494 e. The van der Waals surface area contributed by atoms with Crippen LogP contribution in [0.15, 0.2) is 36.4 Å². The standard InChI is InChI=1S/C17H21NO3/c1-4-20-14-5-7-15(8-6-14)21-17-10-13(11-19)9-16(18-17)12(2)3/h5-10,12,19H,4,11H2,1-3H3. The van der Waals surface area contributed by atoms with Gasteiger partial charge in [-0.25, -0.2) is 4.98 Å². The van der Waals surface area contributed by atoms with Crippen LogP contribution in [0.1, 0.15) is 37.9 Å². The second kappa shape index (κ2) is 7.09. The third-order valence-corrected chi connectivity index (χ3v) is 3.01. The Morgan fingerprint density at radius 3 is 2.33 bits per heavy atom. The summed E-state index contributed by atoms with van der Waals surface area (Å²) in [5.74, 6) is 2.27. The first-order valence-electron chi connectivity index (χ1n) is 7.14. The van der Waals surface area contributed by atoms with Gasteiger partial charge in [-0.1, -0.05) is 13.8 Å². The van der Waals surface area contributed by atoms with Crippen LogP contribution < -0.4 is 9.47 Å². The second-order valence-corrected chi connectivity index (χ2v) is 5.06. The predicted molar refractivity (Wildman–Crippen MR) is 81.9 cm³/mol. The monoisotopic (exact) mass is 287 g/mol. The zero-order valence-corrected chi connectivity index (χ0v) is 12.7. The number of aliphatic hydroxyl groups excluding tert-OH is 1. The van der Waals surface area contributed by atoms with Crippen LogP contribution in [-0.2, 0) is 6.61 Å². The Morgan fingerprint density at radius 2 is 1.76 bits per heavy atom. The number of pyridine rings is 1. The fourth-order valence-corrected chi connectivity index (χ4v) is 1.91. The van der Waals surface area contributed by atoms with Crippen molar-refractivity contribution in [2.45, 2.75) is 33.3 Å². The Labute approximate surface area is 125 Å². The van der Waals surface area contributed by atoms with E-state index in [1.165, 1.54) is 0 Å². The molecule has 0 aliphatic heterocycles. The first-order chi connectivity index (χ1) is 10.1. The minimum atomic E-state index is -0.0259. The summed E-state index contributed by atoms with van der Waals surface area (Å²) in [5, 5.41) is 9.33. The molecule has 0 bridgehead atoms. The molecule has 0 aliphatic carbocycles. The van der Waals surface area contributed by atoms with E-state index >= 15 is 0 Å². The molecule has 0 aliphatic rings. The summed E-state index contributed by atoms with van der Waals surface area (Å²) in [6, 6.07) is 11.1. The van der Waals surface area contributed by atoms with Gasteiger partial charge in [-0.3, -0.25) is 0 Å². The summed E-state index contributed by atoms with van der Waals surface area (Å²) >= 11 is 0. The van der Waals surface area contributed by atoms with E-state index in [0.717, 1.165) is 17.0 Å². The molecule has 0 radical (unpaired) electrons. The summed E-state index contributed by atoms with van der Waals surface area (Å²) in [7, 11) is 0. The van der Waals surface area contributed by atoms with Crippen molar-refractivity contribution < 1.29 is 14.6 Å². The van der Waals surface area contributed by atoms with Crippen LogP contribution in [0.4, 0.5) is 0 Å². The maximum absolute atomic E-state index is 9.33. The number of hydrogen-bond acceptors (Lipinski definition) is 4. The minimum absolute atomic E-state index is 0.0259. The lowest BCUT2D eigenvalue weighted by molar-refractivity contribution is 0.280. The molecule has 1 aromatic heterocycles. The zero-order valence-electron chi connectivity index (χ0n) is 12.7. The SMILES string of the molecule is CCOc1ccc(Oc2cc(CO)cc(C(C)C)n2)cc1. The quantitative estimate of drug-likeness (QED) is 0.875. The number of aromatic nitrogens is 1. The molecule has 112 valence electrons. The summed E-state index contributed by atoms with van der Waals surface area (Å²) in [6.45, 7) is 6.68. The van der Waals surface area contributed by atoms with E-state index in [1.54, 1.807) is 6.07 Å². The van der Waals surface area contributed by atoms with Crippen molar-refractivity contribution in [1.29, 1.82) is 0 Å². The molecule has 4 heteroatoms. The van der Waals surface area contributed by atoms with E-state index in [1.807, 2.05) is 37.3 Å². The number of hydrogen-bond donors (Lipinski definition) is 1. The summed E-state index contributed by atoms with van der Waals surface area (Å²) in [5.41, 5.74) is 1.71. The topological polar surface area (TPSA) is 51.6 Å². The van der Waals surface area contributed by atoms with E-state index in [0.29, 0.717) is 18.2 Å². The summed E-state index contributed by atoms with van der Waals surface area (Å²) in [4.78, 5) is 4.47. The lowest BCUT2D eigenvalue weighted by Gasteiger charge is -2.11. The predicted octanol–water partition coefficient (Wildman–Crippen LogP) is 3.89. The highest BCUT2D eigenvalue weighted by atomic mass is 16.5. The van der Waals surface area contributed by atoms with Gasteiger partial charge >= 0.3 is 0 Å². The number of nitrogens with zero attached hydrogens (tertiary/aromatic N) is 1. The molecule has 1 heterocycles. The lowest BCUT2D eigenvalue weighted by Crippen LogP contribution is -1.99. The molecule has 2 aromatic rings. The Balaban J connectivity index is 2.19. The molecular weight excluding hydrogens is 266 g/mol. The molecule has 0 fully saturated rings. The smallest absolute Gasteiger partial charge is 0.219 e. The van der Waals surface area contributed by atoms with Gasteiger partial charge in [0.1, 0.15) is 11.5 Å². The molecule has 0 saturated carbocycles. The Morgan fingerprint density at radius 1 is 1.10 bits per heavy atom. The maximum Gasteiger partial charge on any atom is 0.219 e. The van der Waals surface area contributed by atoms with Gasteiger partial charge in [0.05, 0.1) is 13.2 Å². The summed E-state index contributed by atoms with van der Waals surface area (Å²) < 4.78 is 11.2. The molecule has 4 nitrogen and oxygen atoms in total. The maximum atomic E-state index is 9.33. The zero-order chi connectivity index (χ0) is 15.2. The highest BCUT2D eigenvalue weighted by molar-refractivity contribution is 5.35. The van der Waals surface area contributed by atoms with Crippen LogP contribution in [0.2, 0.25) is 0 Å². The van der Waals surface area contributed by atoms with E-state index in [9.17, 15) is 5.11 Å². The highest BCUT2D eigenvalue weighted by Gasteiger charge is 2.08. The molecule has 1 N–H and O–H groups in total. The number of aliphatic hydroxyl groups is 1. The average molecular weight is 287 g/mol. The third-order valence-electron chi connectivity index (χ3n) is 3.01. The fraction of sp³-hybridized carbons (Fsp3) is 0.353. The van der Waals surface area contributed by atoms with E-state index in [-0.39, 0.29) is 12.5 Å². The van der Waals surface area contributed by atoms with Crippen LogP contribution in [0.3, 0.4) is 0 Å². The van der Waals surface area contributed by atoms with Gasteiger partial charge in [-0.15, -0.1) is 0 Å². The number of ether oxygens (including phenoxy) is 2. The van der Waals surface area contributed by atoms with Crippen molar-refractivity contribution >= 4 is 0 Å². The van der Waals surface area contributed by atoms with Crippen molar-refractivity contribution in [2.24, 2.45) is 0 Å². The Kier molecular flexibility index (Phi) is 5.17. The molecule has 2 rings (SSSR count). The van der Waals surface area contributed by atoms with Crippen molar-refractivity contribution in [1.82, 2.24) is 4.98 Å². The molecule has 0 atom stereocenters. The van der Waals surface area contributed by atoms with Crippen LogP contribution in [0.25, 0.3) is 0 Å². The normalized spacial score (nSPS) is 10.7. The van der Waals surface area contributed by atoms with Gasteiger partial charge in [0.2, 0.25) is 5.88 Å². The number of rotatable bonds is 6. The molecule has 1 aromatic carbocycles. The van der Waals surface area contributed by atoms with Crippen molar-refractivity contribution in [3.8, 4) is 17.4 Å². The van der Waals surface area contributed by atoms with Crippen LogP contribution >= 0.6 is 0 Å². The highest BCUT2D eigenvalue weighted by Crippen LogP contribution is 2.25. The Hall–Kier alpha value is -2.07. The molecule has 0 spiro atoms. The first-order valence-corrected chi connectivity index (χ1v) is 7.14. The van der Waals surface area contributed by atoms with Gasteiger partial charge in [-0.2, -0.15) is 0 Å². The molecule has 0 unspecified atom stereocenters. The van der Waals surface area contributed by atoms with E-state index in [4.69, 9.17) is 9.47 Å². The van der Waals surface area contributed by atoms with Gasteiger partial charge in [0.15, 0.2) is 0 Å². The second-order valence-electron chi connectivity index (χ2n) is 5.06. The van der Waals surface area contributed by atoms with Crippen molar-refractivity contribution in [3.63, 3.8) is 0 Å². The average Bonchev–Trinajstić information content (AvgIpc) is 2.49. The fourth-order valence-electron chi connectivity index (χ4n) is 1.91. The van der Waals surface area contributed by atoms with Crippen molar-refractivity contribution in [3.05, 3.63) is 47.7 Å². The third kappa shape index (κ3) is 4.20. The number of benzene rings is 1. The van der Waals surface area contributed by atoms with E-state index < -0.39 is 0 Å². The molecular formula is C17H21NO3. The summed E-state index contributed by atoms with van der Waals surface area (Å²) in [6.07, 6.45) is 0. The lowest BCUT2D eigenvalue weighted by atomic mass is 10.1. The van der Waals surface area contributed by atoms with Crippen LogP contribution in [0.5, 0.6) is 17.4 Å². The Bertz CT molecular complexity index is 579. The van der Waals surface area contributed by atoms with E-state index in [2.05, 4.69) is 18.8 Å². The van der Waals surface area contributed by atoms with Gasteiger partial charge in [0, 0.05) is 11.8 Å².